The summed E-state index contributed by atoms with van der Waals surface area (Å²) in [6.45, 7) is 0. The van der Waals surface area contributed by atoms with E-state index in [4.69, 9.17) is 0 Å². The van der Waals surface area contributed by atoms with Crippen LogP contribution in [0.25, 0.3) is 22.4 Å². The highest BCUT2D eigenvalue weighted by atomic mass is 32.2. The van der Waals surface area contributed by atoms with Gasteiger partial charge in [-0.25, -0.2) is 13.4 Å². The van der Waals surface area contributed by atoms with Crippen molar-refractivity contribution in [1.82, 2.24) is 9.97 Å². The van der Waals surface area contributed by atoms with Crippen LogP contribution in [-0.2, 0) is 16.0 Å². The van der Waals surface area contributed by atoms with E-state index in [9.17, 15) is 26.4 Å². The summed E-state index contributed by atoms with van der Waals surface area (Å²) in [5, 5.41) is 0. The number of H-pyrrole nitrogens is 1. The number of nitrogens with one attached hydrogen (secondary N) is 1. The molecule has 0 aliphatic rings. The van der Waals surface area contributed by atoms with E-state index < -0.39 is 27.4 Å². The number of alkyl halides is 3. The SMILES string of the molecule is CS(=O)(=O)c1ccc(-c2nc(C(F)(F)F)[nH]c(=O)c2-c2ccccc2)cc1. The van der Waals surface area contributed by atoms with Gasteiger partial charge in [-0.3, -0.25) is 4.79 Å². The van der Waals surface area contributed by atoms with Gasteiger partial charge in [0, 0.05) is 11.8 Å². The fourth-order valence-corrected chi connectivity index (χ4v) is 3.18. The summed E-state index contributed by atoms with van der Waals surface area (Å²) in [6.07, 6.45) is -3.82. The van der Waals surface area contributed by atoms with Crippen molar-refractivity contribution >= 4 is 9.84 Å². The molecule has 0 radical (unpaired) electrons. The first-order valence-electron chi connectivity index (χ1n) is 7.65. The number of nitrogens with zero attached hydrogens (tertiary/aromatic N) is 1. The highest BCUT2D eigenvalue weighted by molar-refractivity contribution is 7.90. The van der Waals surface area contributed by atoms with Gasteiger partial charge in [0.1, 0.15) is 0 Å². The van der Waals surface area contributed by atoms with Gasteiger partial charge in [-0.1, -0.05) is 42.5 Å². The molecule has 0 unspecified atom stereocenters. The summed E-state index contributed by atoms with van der Waals surface area (Å²) in [5.41, 5.74) is -0.571. The Morgan fingerprint density at radius 2 is 1.52 bits per heavy atom. The third-order valence-electron chi connectivity index (χ3n) is 3.81. The van der Waals surface area contributed by atoms with Crippen LogP contribution < -0.4 is 5.56 Å². The van der Waals surface area contributed by atoms with Crippen molar-refractivity contribution in [2.75, 3.05) is 6.26 Å². The number of benzene rings is 2. The molecule has 0 amide bonds. The number of hydrogen-bond acceptors (Lipinski definition) is 4. The number of rotatable bonds is 3. The second kappa shape index (κ2) is 6.66. The maximum Gasteiger partial charge on any atom is 0.449 e. The molecule has 9 heteroatoms. The standard InChI is InChI=1S/C18H13F3N2O3S/c1-27(25,26)13-9-7-12(8-10-13)15-14(11-5-3-2-4-6-11)16(24)23-17(22-15)18(19,20)21/h2-10H,1H3,(H,22,23,24). The minimum Gasteiger partial charge on any atom is -0.302 e. The Morgan fingerprint density at radius 1 is 0.926 bits per heavy atom. The molecular weight excluding hydrogens is 381 g/mol. The van der Waals surface area contributed by atoms with Crippen LogP contribution in [-0.4, -0.2) is 24.6 Å². The molecule has 27 heavy (non-hydrogen) atoms. The van der Waals surface area contributed by atoms with Gasteiger partial charge in [0.05, 0.1) is 16.2 Å². The lowest BCUT2D eigenvalue weighted by Crippen LogP contribution is -2.21. The summed E-state index contributed by atoms with van der Waals surface area (Å²) < 4.78 is 62.5. The van der Waals surface area contributed by atoms with Crippen molar-refractivity contribution in [2.45, 2.75) is 11.1 Å². The zero-order valence-electron chi connectivity index (χ0n) is 13.9. The van der Waals surface area contributed by atoms with Crippen LogP contribution in [0.15, 0.2) is 64.3 Å². The zero-order valence-corrected chi connectivity index (χ0v) is 14.7. The van der Waals surface area contributed by atoms with Crippen LogP contribution in [0.4, 0.5) is 13.2 Å². The van der Waals surface area contributed by atoms with Gasteiger partial charge < -0.3 is 4.98 Å². The minimum atomic E-state index is -4.84. The van der Waals surface area contributed by atoms with E-state index in [2.05, 4.69) is 4.98 Å². The third-order valence-corrected chi connectivity index (χ3v) is 4.93. The fraction of sp³-hybridized carbons (Fsp3) is 0.111. The summed E-state index contributed by atoms with van der Waals surface area (Å²) in [7, 11) is -3.47. The average molecular weight is 394 g/mol. The van der Waals surface area contributed by atoms with Crippen molar-refractivity contribution in [2.24, 2.45) is 0 Å². The second-order valence-electron chi connectivity index (χ2n) is 5.80. The smallest absolute Gasteiger partial charge is 0.302 e. The lowest BCUT2D eigenvalue weighted by molar-refractivity contribution is -0.145. The molecule has 0 aliphatic heterocycles. The van der Waals surface area contributed by atoms with Crippen LogP contribution in [0.5, 0.6) is 0 Å². The molecule has 1 N–H and O–H groups in total. The van der Waals surface area contributed by atoms with E-state index >= 15 is 0 Å². The average Bonchev–Trinajstić information content (AvgIpc) is 2.60. The van der Waals surface area contributed by atoms with Gasteiger partial charge in [-0.2, -0.15) is 13.2 Å². The van der Waals surface area contributed by atoms with Crippen LogP contribution >= 0.6 is 0 Å². The van der Waals surface area contributed by atoms with Gasteiger partial charge in [-0.15, -0.1) is 0 Å². The largest absolute Gasteiger partial charge is 0.449 e. The number of aromatic nitrogens is 2. The number of aromatic amines is 1. The Kier molecular flexibility index (Phi) is 4.64. The lowest BCUT2D eigenvalue weighted by atomic mass is 10.0. The normalized spacial score (nSPS) is 12.1. The van der Waals surface area contributed by atoms with Gasteiger partial charge in [0.15, 0.2) is 9.84 Å². The summed E-state index contributed by atoms with van der Waals surface area (Å²) in [5.74, 6) is -1.42. The van der Waals surface area contributed by atoms with Crippen molar-refractivity contribution < 1.29 is 21.6 Å². The molecule has 1 aromatic heterocycles. The first kappa shape index (κ1) is 18.8. The molecule has 0 aliphatic carbocycles. The predicted molar refractivity (Wildman–Crippen MR) is 93.8 cm³/mol. The highest BCUT2D eigenvalue weighted by Gasteiger charge is 2.35. The maximum atomic E-state index is 13.1. The number of hydrogen-bond donors (Lipinski definition) is 1. The molecule has 140 valence electrons. The minimum absolute atomic E-state index is 0.00777. The maximum absolute atomic E-state index is 13.1. The van der Waals surface area contributed by atoms with Gasteiger partial charge >= 0.3 is 6.18 Å². The van der Waals surface area contributed by atoms with Crippen LogP contribution in [0, 0.1) is 0 Å². The van der Waals surface area contributed by atoms with Gasteiger partial charge in [-0.05, 0) is 17.7 Å². The molecule has 2 aromatic carbocycles. The summed E-state index contributed by atoms with van der Waals surface area (Å²) >= 11 is 0. The van der Waals surface area contributed by atoms with E-state index in [0.717, 1.165) is 6.26 Å². The molecule has 0 saturated carbocycles. The van der Waals surface area contributed by atoms with E-state index in [1.54, 1.807) is 35.3 Å². The summed E-state index contributed by atoms with van der Waals surface area (Å²) in [6, 6.07) is 13.3. The monoisotopic (exact) mass is 394 g/mol. The van der Waals surface area contributed by atoms with Crippen molar-refractivity contribution in [3.05, 3.63) is 70.8 Å². The molecule has 5 nitrogen and oxygen atoms in total. The summed E-state index contributed by atoms with van der Waals surface area (Å²) in [4.78, 5) is 17.8. The Labute approximate surface area is 152 Å². The molecule has 3 aromatic rings. The zero-order chi connectivity index (χ0) is 19.8. The third kappa shape index (κ3) is 3.92. The number of halogens is 3. The van der Waals surface area contributed by atoms with E-state index in [1.807, 2.05) is 0 Å². The molecular formula is C18H13F3N2O3S. The molecule has 1 heterocycles. The molecule has 0 spiro atoms. The molecule has 0 fully saturated rings. The van der Waals surface area contributed by atoms with Gasteiger partial charge in [0.2, 0.25) is 5.82 Å². The van der Waals surface area contributed by atoms with Crippen LogP contribution in [0.2, 0.25) is 0 Å². The van der Waals surface area contributed by atoms with Crippen LogP contribution in [0.3, 0.4) is 0 Å². The van der Waals surface area contributed by atoms with E-state index in [-0.39, 0.29) is 21.7 Å². The molecule has 3 rings (SSSR count). The van der Waals surface area contributed by atoms with Crippen molar-refractivity contribution in [1.29, 1.82) is 0 Å². The molecule has 0 bridgehead atoms. The molecule has 0 atom stereocenters. The predicted octanol–water partition coefficient (Wildman–Crippen LogP) is 3.53. The highest BCUT2D eigenvalue weighted by Crippen LogP contribution is 2.32. The fourth-order valence-electron chi connectivity index (χ4n) is 2.55. The molecule has 0 saturated heterocycles. The topological polar surface area (TPSA) is 79.9 Å². The Bertz CT molecular complexity index is 1140. The Balaban J connectivity index is 2.29. The second-order valence-corrected chi connectivity index (χ2v) is 7.81. The van der Waals surface area contributed by atoms with E-state index in [0.29, 0.717) is 5.56 Å². The van der Waals surface area contributed by atoms with Crippen LogP contribution in [0.1, 0.15) is 5.82 Å². The van der Waals surface area contributed by atoms with Crippen molar-refractivity contribution in [3.8, 4) is 22.4 Å². The Hall–Kier alpha value is -2.94. The first-order chi connectivity index (χ1) is 12.6. The Morgan fingerprint density at radius 3 is 2.04 bits per heavy atom. The van der Waals surface area contributed by atoms with E-state index in [1.165, 1.54) is 24.3 Å². The van der Waals surface area contributed by atoms with Crippen molar-refractivity contribution in [3.63, 3.8) is 0 Å². The van der Waals surface area contributed by atoms with Gasteiger partial charge in [0.25, 0.3) is 5.56 Å². The quantitative estimate of drug-likeness (QED) is 0.737. The number of sulfone groups is 1. The lowest BCUT2D eigenvalue weighted by Gasteiger charge is -2.13. The first-order valence-corrected chi connectivity index (χ1v) is 9.54.